The minimum absolute atomic E-state index is 0.155. The molecule has 1 heterocycles. The number of ether oxygens (including phenoxy) is 2. The van der Waals surface area contributed by atoms with Crippen molar-refractivity contribution in [3.05, 3.63) is 87.7 Å². The topological polar surface area (TPSA) is 53.4 Å². The summed E-state index contributed by atoms with van der Waals surface area (Å²) in [5.41, 5.74) is 2.09. The summed E-state index contributed by atoms with van der Waals surface area (Å²) < 4.78 is 12.4. The van der Waals surface area contributed by atoms with E-state index < -0.39 is 0 Å². The molecule has 0 saturated heterocycles. The third-order valence-electron chi connectivity index (χ3n) is 4.65. The van der Waals surface area contributed by atoms with Crippen LogP contribution in [-0.2, 0) is 5.75 Å². The third-order valence-corrected chi connectivity index (χ3v) is 6.01. The molecule has 0 bridgehead atoms. The van der Waals surface area contributed by atoms with Gasteiger partial charge in [0.1, 0.15) is 11.5 Å². The van der Waals surface area contributed by atoms with Crippen molar-refractivity contribution in [2.45, 2.75) is 10.9 Å². The molecule has 0 aliphatic heterocycles. The smallest absolute Gasteiger partial charge is 0.266 e. The Kier molecular flexibility index (Phi) is 5.97. The van der Waals surface area contributed by atoms with E-state index in [1.165, 1.54) is 11.8 Å². The molecular formula is C23H19ClN2O3S. The fraction of sp³-hybridized carbons (Fsp3) is 0.130. The number of rotatable bonds is 6. The average molecular weight is 439 g/mol. The Morgan fingerprint density at radius 2 is 1.63 bits per heavy atom. The van der Waals surface area contributed by atoms with E-state index in [0.29, 0.717) is 44.0 Å². The van der Waals surface area contributed by atoms with E-state index >= 15 is 0 Å². The highest BCUT2D eigenvalue weighted by Crippen LogP contribution is 2.30. The molecule has 30 heavy (non-hydrogen) atoms. The molecule has 7 heteroatoms. The van der Waals surface area contributed by atoms with Gasteiger partial charge in [-0.3, -0.25) is 9.36 Å². The molecule has 3 aromatic carbocycles. The molecule has 0 aliphatic carbocycles. The monoisotopic (exact) mass is 438 g/mol. The Balaban J connectivity index is 1.89. The molecule has 5 nitrogen and oxygen atoms in total. The van der Waals surface area contributed by atoms with Gasteiger partial charge < -0.3 is 9.47 Å². The molecule has 4 rings (SSSR count). The second kappa shape index (κ2) is 8.81. The predicted molar refractivity (Wildman–Crippen MR) is 121 cm³/mol. The zero-order valence-corrected chi connectivity index (χ0v) is 18.0. The van der Waals surface area contributed by atoms with Crippen LogP contribution in [-0.4, -0.2) is 23.8 Å². The maximum atomic E-state index is 13.4. The second-order valence-corrected chi connectivity index (χ2v) is 7.85. The van der Waals surface area contributed by atoms with Crippen molar-refractivity contribution in [2.75, 3.05) is 14.2 Å². The Hall–Kier alpha value is -2.96. The molecule has 0 saturated carbocycles. The van der Waals surface area contributed by atoms with Crippen molar-refractivity contribution in [1.82, 2.24) is 9.55 Å². The number of fused-ring (bicyclic) bond motifs is 1. The van der Waals surface area contributed by atoms with Gasteiger partial charge in [-0.25, -0.2) is 4.98 Å². The molecule has 0 fully saturated rings. The van der Waals surface area contributed by atoms with Gasteiger partial charge in [-0.1, -0.05) is 53.7 Å². The van der Waals surface area contributed by atoms with Crippen LogP contribution in [0.15, 0.2) is 76.7 Å². The number of aromatic nitrogens is 2. The standard InChI is InChI=1S/C23H19ClN2O3S/c1-28-17-11-16(12-18(13-17)29-2)26-22(27)19-8-4-6-10-21(19)25-23(26)30-14-15-7-3-5-9-20(15)24/h3-13H,14H2,1-2H3. The van der Waals surface area contributed by atoms with Crippen LogP contribution in [0.5, 0.6) is 11.5 Å². The molecule has 0 amide bonds. The predicted octanol–water partition coefficient (Wildman–Crippen LogP) is 5.35. The number of hydrogen-bond acceptors (Lipinski definition) is 5. The number of hydrogen-bond donors (Lipinski definition) is 0. The SMILES string of the molecule is COc1cc(OC)cc(-n2c(SCc3ccccc3Cl)nc3ccccc3c2=O)c1. The molecule has 152 valence electrons. The second-order valence-electron chi connectivity index (χ2n) is 6.50. The Morgan fingerprint density at radius 1 is 0.967 bits per heavy atom. The number of benzene rings is 3. The molecule has 0 unspecified atom stereocenters. The molecule has 0 N–H and O–H groups in total. The molecule has 0 radical (unpaired) electrons. The molecular weight excluding hydrogens is 420 g/mol. The van der Waals surface area contributed by atoms with Crippen molar-refractivity contribution < 1.29 is 9.47 Å². The van der Waals surface area contributed by atoms with Crippen LogP contribution in [0.2, 0.25) is 5.02 Å². The van der Waals surface area contributed by atoms with E-state index in [0.717, 1.165) is 5.56 Å². The molecule has 0 aliphatic rings. The highest BCUT2D eigenvalue weighted by Gasteiger charge is 2.16. The number of methoxy groups -OCH3 is 2. The van der Waals surface area contributed by atoms with Crippen molar-refractivity contribution in [1.29, 1.82) is 0 Å². The summed E-state index contributed by atoms with van der Waals surface area (Å²) in [4.78, 5) is 18.2. The summed E-state index contributed by atoms with van der Waals surface area (Å²) >= 11 is 7.77. The van der Waals surface area contributed by atoms with Crippen molar-refractivity contribution in [3.63, 3.8) is 0 Å². The molecule has 4 aromatic rings. The first-order valence-electron chi connectivity index (χ1n) is 9.22. The zero-order valence-electron chi connectivity index (χ0n) is 16.5. The number of thioether (sulfide) groups is 1. The van der Waals surface area contributed by atoms with Gasteiger partial charge in [0.15, 0.2) is 5.16 Å². The fourth-order valence-electron chi connectivity index (χ4n) is 3.12. The summed E-state index contributed by atoms with van der Waals surface area (Å²) in [6.07, 6.45) is 0. The lowest BCUT2D eigenvalue weighted by atomic mass is 10.2. The van der Waals surface area contributed by atoms with Gasteiger partial charge in [0.2, 0.25) is 0 Å². The van der Waals surface area contributed by atoms with Crippen LogP contribution in [0, 0.1) is 0 Å². The van der Waals surface area contributed by atoms with Gasteiger partial charge in [-0.2, -0.15) is 0 Å². The van der Waals surface area contributed by atoms with Crippen LogP contribution >= 0.6 is 23.4 Å². The van der Waals surface area contributed by atoms with E-state index in [-0.39, 0.29) is 5.56 Å². The molecule has 1 aromatic heterocycles. The van der Waals surface area contributed by atoms with Gasteiger partial charge in [-0.05, 0) is 23.8 Å². The van der Waals surface area contributed by atoms with Crippen LogP contribution < -0.4 is 15.0 Å². The highest BCUT2D eigenvalue weighted by molar-refractivity contribution is 7.98. The molecule has 0 atom stereocenters. The minimum atomic E-state index is -0.155. The summed E-state index contributed by atoms with van der Waals surface area (Å²) in [6, 6.07) is 20.3. The average Bonchev–Trinajstić information content (AvgIpc) is 2.78. The number of para-hydroxylation sites is 1. The third kappa shape index (κ3) is 4.01. The maximum absolute atomic E-state index is 13.4. The largest absolute Gasteiger partial charge is 0.497 e. The lowest BCUT2D eigenvalue weighted by molar-refractivity contribution is 0.394. The van der Waals surface area contributed by atoms with Crippen LogP contribution in [0.1, 0.15) is 5.56 Å². The van der Waals surface area contributed by atoms with Crippen LogP contribution in [0.3, 0.4) is 0 Å². The first-order chi connectivity index (χ1) is 14.6. The fourth-order valence-corrected chi connectivity index (χ4v) is 4.41. The Morgan fingerprint density at radius 3 is 2.33 bits per heavy atom. The first kappa shape index (κ1) is 20.3. The van der Waals surface area contributed by atoms with E-state index in [4.69, 9.17) is 26.1 Å². The summed E-state index contributed by atoms with van der Waals surface area (Å²) in [7, 11) is 3.15. The highest BCUT2D eigenvalue weighted by atomic mass is 35.5. The van der Waals surface area contributed by atoms with E-state index in [1.807, 2.05) is 42.5 Å². The lowest BCUT2D eigenvalue weighted by Crippen LogP contribution is -2.22. The van der Waals surface area contributed by atoms with Gasteiger partial charge in [0.25, 0.3) is 5.56 Å². The summed E-state index contributed by atoms with van der Waals surface area (Å²) in [5.74, 6) is 1.75. The number of nitrogens with zero attached hydrogens (tertiary/aromatic N) is 2. The normalized spacial score (nSPS) is 10.9. The van der Waals surface area contributed by atoms with E-state index in [9.17, 15) is 4.79 Å². The van der Waals surface area contributed by atoms with Crippen molar-refractivity contribution >= 4 is 34.3 Å². The first-order valence-corrected chi connectivity index (χ1v) is 10.6. The van der Waals surface area contributed by atoms with Gasteiger partial charge >= 0.3 is 0 Å². The lowest BCUT2D eigenvalue weighted by Gasteiger charge is -2.15. The number of halogens is 1. The quantitative estimate of drug-likeness (QED) is 0.300. The van der Waals surface area contributed by atoms with Crippen molar-refractivity contribution in [3.8, 4) is 17.2 Å². The van der Waals surface area contributed by atoms with Gasteiger partial charge in [0, 0.05) is 29.0 Å². The van der Waals surface area contributed by atoms with E-state index in [2.05, 4.69) is 0 Å². The zero-order chi connectivity index (χ0) is 21.1. The van der Waals surface area contributed by atoms with E-state index in [1.54, 1.807) is 43.1 Å². The maximum Gasteiger partial charge on any atom is 0.266 e. The summed E-state index contributed by atoms with van der Waals surface area (Å²) in [6.45, 7) is 0. The Bertz CT molecular complexity index is 1250. The molecule has 0 spiro atoms. The van der Waals surface area contributed by atoms with Crippen LogP contribution in [0.25, 0.3) is 16.6 Å². The van der Waals surface area contributed by atoms with Gasteiger partial charge in [-0.15, -0.1) is 0 Å². The summed E-state index contributed by atoms with van der Waals surface area (Å²) in [5, 5.41) is 1.79. The van der Waals surface area contributed by atoms with Crippen molar-refractivity contribution in [2.24, 2.45) is 0 Å². The Labute approximate surface area is 183 Å². The minimum Gasteiger partial charge on any atom is -0.497 e. The van der Waals surface area contributed by atoms with Gasteiger partial charge in [0.05, 0.1) is 30.8 Å². The van der Waals surface area contributed by atoms with Crippen LogP contribution in [0.4, 0.5) is 0 Å².